The predicted molar refractivity (Wildman–Crippen MR) is 70.7 cm³/mol. The summed E-state index contributed by atoms with van der Waals surface area (Å²) in [5.41, 5.74) is 1.21. The molecule has 2 rings (SSSR count). The second-order valence-electron chi connectivity index (χ2n) is 4.90. The Labute approximate surface area is 110 Å². The van der Waals surface area contributed by atoms with Gasteiger partial charge in [0.25, 0.3) is 0 Å². The molecular formula is C14H17BrO2. The van der Waals surface area contributed by atoms with Gasteiger partial charge in [0.15, 0.2) is 0 Å². The summed E-state index contributed by atoms with van der Waals surface area (Å²) in [5, 5.41) is 9.99. The molecule has 1 N–H and O–H groups in total. The molecule has 92 valence electrons. The monoisotopic (exact) mass is 296 g/mol. The third-order valence-electron chi connectivity index (χ3n) is 3.67. The second-order valence-corrected chi connectivity index (χ2v) is 5.76. The number of Topliss-reactive ketones (excluding diaryl/α,β-unsaturated/α-hetero) is 1. The quantitative estimate of drug-likeness (QED) is 0.931. The summed E-state index contributed by atoms with van der Waals surface area (Å²) in [7, 11) is 0. The molecule has 17 heavy (non-hydrogen) atoms. The maximum atomic E-state index is 11.3. The van der Waals surface area contributed by atoms with Gasteiger partial charge in [-0.1, -0.05) is 34.1 Å². The van der Waals surface area contributed by atoms with Gasteiger partial charge in [-0.15, -0.1) is 0 Å². The third kappa shape index (κ3) is 2.96. The van der Waals surface area contributed by atoms with Gasteiger partial charge in [0.05, 0.1) is 6.10 Å². The lowest BCUT2D eigenvalue weighted by Crippen LogP contribution is -2.15. The fraction of sp³-hybridized carbons (Fsp3) is 0.500. The highest BCUT2D eigenvalue weighted by atomic mass is 79.9. The fourth-order valence-electron chi connectivity index (χ4n) is 2.60. The standard InChI is InChI=1S/C14H17BrO2/c1-9(16)11-7-12(14(17)8-11)6-10-4-2-3-5-13(10)15/h2-5,11-12,14,17H,6-8H2,1H3/t11-,12-,14?/m0/s1. The molecule has 0 amide bonds. The summed E-state index contributed by atoms with van der Waals surface area (Å²) in [6.07, 6.45) is 1.95. The zero-order chi connectivity index (χ0) is 12.4. The normalized spacial score (nSPS) is 28.3. The van der Waals surface area contributed by atoms with Crippen LogP contribution in [0.1, 0.15) is 25.3 Å². The number of aliphatic hydroxyl groups is 1. The molecule has 3 heteroatoms. The van der Waals surface area contributed by atoms with Crippen molar-refractivity contribution in [3.8, 4) is 0 Å². The van der Waals surface area contributed by atoms with Crippen LogP contribution in [-0.4, -0.2) is 17.0 Å². The molecular weight excluding hydrogens is 280 g/mol. The molecule has 1 saturated carbocycles. The van der Waals surface area contributed by atoms with Crippen molar-refractivity contribution in [2.75, 3.05) is 0 Å². The molecule has 1 unspecified atom stereocenters. The van der Waals surface area contributed by atoms with Gasteiger partial charge in [-0.2, -0.15) is 0 Å². The van der Waals surface area contributed by atoms with E-state index in [1.54, 1.807) is 6.92 Å². The largest absolute Gasteiger partial charge is 0.393 e. The Balaban J connectivity index is 2.05. The maximum absolute atomic E-state index is 11.3. The van der Waals surface area contributed by atoms with E-state index in [0.29, 0.717) is 6.42 Å². The van der Waals surface area contributed by atoms with Crippen molar-refractivity contribution in [1.29, 1.82) is 0 Å². The van der Waals surface area contributed by atoms with Crippen LogP contribution in [0.3, 0.4) is 0 Å². The number of benzene rings is 1. The lowest BCUT2D eigenvalue weighted by atomic mass is 9.95. The Morgan fingerprint density at radius 1 is 1.41 bits per heavy atom. The van der Waals surface area contributed by atoms with E-state index in [1.165, 1.54) is 5.56 Å². The van der Waals surface area contributed by atoms with Crippen molar-refractivity contribution < 1.29 is 9.90 Å². The van der Waals surface area contributed by atoms with E-state index in [4.69, 9.17) is 0 Å². The maximum Gasteiger partial charge on any atom is 0.133 e. The van der Waals surface area contributed by atoms with Crippen LogP contribution in [0.25, 0.3) is 0 Å². The van der Waals surface area contributed by atoms with Gasteiger partial charge in [0, 0.05) is 10.4 Å². The molecule has 0 radical (unpaired) electrons. The van der Waals surface area contributed by atoms with Crippen LogP contribution in [0, 0.1) is 11.8 Å². The zero-order valence-electron chi connectivity index (χ0n) is 9.90. The Morgan fingerprint density at radius 2 is 2.12 bits per heavy atom. The van der Waals surface area contributed by atoms with Gasteiger partial charge in [-0.25, -0.2) is 0 Å². The van der Waals surface area contributed by atoms with Crippen LogP contribution >= 0.6 is 15.9 Å². The molecule has 2 nitrogen and oxygen atoms in total. The zero-order valence-corrected chi connectivity index (χ0v) is 11.5. The van der Waals surface area contributed by atoms with Gasteiger partial charge in [0.2, 0.25) is 0 Å². The van der Waals surface area contributed by atoms with Crippen LogP contribution < -0.4 is 0 Å². The Bertz CT molecular complexity index is 416. The SMILES string of the molecule is CC(=O)[C@@H]1CC(O)[C@@H](Cc2ccccc2Br)C1. The van der Waals surface area contributed by atoms with Crippen LogP contribution in [0.5, 0.6) is 0 Å². The smallest absolute Gasteiger partial charge is 0.133 e. The van der Waals surface area contributed by atoms with Crippen molar-refractivity contribution in [1.82, 2.24) is 0 Å². The van der Waals surface area contributed by atoms with Crippen LogP contribution in [0.15, 0.2) is 28.7 Å². The van der Waals surface area contributed by atoms with Crippen molar-refractivity contribution >= 4 is 21.7 Å². The van der Waals surface area contributed by atoms with Crippen LogP contribution in [-0.2, 0) is 11.2 Å². The van der Waals surface area contributed by atoms with Gasteiger partial charge >= 0.3 is 0 Å². The number of halogens is 1. The molecule has 0 heterocycles. The summed E-state index contributed by atoms with van der Waals surface area (Å²) >= 11 is 3.52. The van der Waals surface area contributed by atoms with Gasteiger partial charge in [0.1, 0.15) is 5.78 Å². The van der Waals surface area contributed by atoms with Crippen LogP contribution in [0.4, 0.5) is 0 Å². The Hall–Kier alpha value is -0.670. The predicted octanol–water partition coefficient (Wildman–Crippen LogP) is 2.97. The molecule has 1 aliphatic rings. The van der Waals surface area contributed by atoms with E-state index in [1.807, 2.05) is 18.2 Å². The molecule has 0 aromatic heterocycles. The minimum atomic E-state index is -0.337. The fourth-order valence-corrected chi connectivity index (χ4v) is 3.05. The van der Waals surface area contributed by atoms with E-state index in [2.05, 4.69) is 22.0 Å². The lowest BCUT2D eigenvalue weighted by molar-refractivity contribution is -0.120. The van der Waals surface area contributed by atoms with Gasteiger partial charge in [-0.3, -0.25) is 4.79 Å². The van der Waals surface area contributed by atoms with E-state index < -0.39 is 0 Å². The highest BCUT2D eigenvalue weighted by Crippen LogP contribution is 2.35. The summed E-state index contributed by atoms with van der Waals surface area (Å²) in [6, 6.07) is 8.07. The average molecular weight is 297 g/mol. The van der Waals surface area contributed by atoms with E-state index >= 15 is 0 Å². The number of aliphatic hydroxyl groups excluding tert-OH is 1. The van der Waals surface area contributed by atoms with Crippen LogP contribution in [0.2, 0.25) is 0 Å². The molecule has 1 aromatic carbocycles. The first-order valence-electron chi connectivity index (χ1n) is 6.00. The molecule has 1 fully saturated rings. The van der Waals surface area contributed by atoms with Crippen molar-refractivity contribution in [3.05, 3.63) is 34.3 Å². The first-order valence-corrected chi connectivity index (χ1v) is 6.79. The summed E-state index contributed by atoms with van der Waals surface area (Å²) < 4.78 is 1.08. The minimum absolute atomic E-state index is 0.0532. The van der Waals surface area contributed by atoms with Crippen molar-refractivity contribution in [3.63, 3.8) is 0 Å². The number of hydrogen-bond donors (Lipinski definition) is 1. The third-order valence-corrected chi connectivity index (χ3v) is 4.45. The summed E-state index contributed by atoms with van der Waals surface area (Å²) in [5.74, 6) is 0.471. The lowest BCUT2D eigenvalue weighted by Gasteiger charge is -2.15. The first-order chi connectivity index (χ1) is 8.08. The number of carbonyl (C=O) groups is 1. The highest BCUT2D eigenvalue weighted by molar-refractivity contribution is 9.10. The number of ketones is 1. The first kappa shape index (κ1) is 12.8. The molecule has 0 bridgehead atoms. The molecule has 0 spiro atoms. The molecule has 0 saturated heterocycles. The topological polar surface area (TPSA) is 37.3 Å². The number of rotatable bonds is 3. The van der Waals surface area contributed by atoms with E-state index in [0.717, 1.165) is 17.3 Å². The highest BCUT2D eigenvalue weighted by Gasteiger charge is 2.35. The Morgan fingerprint density at radius 3 is 2.71 bits per heavy atom. The van der Waals surface area contributed by atoms with E-state index in [9.17, 15) is 9.90 Å². The number of carbonyl (C=O) groups excluding carboxylic acids is 1. The van der Waals surface area contributed by atoms with Gasteiger partial charge in [-0.05, 0) is 43.7 Å². The van der Waals surface area contributed by atoms with Crippen molar-refractivity contribution in [2.24, 2.45) is 11.8 Å². The molecule has 1 aromatic rings. The number of hydrogen-bond acceptors (Lipinski definition) is 2. The second kappa shape index (κ2) is 5.32. The van der Waals surface area contributed by atoms with Gasteiger partial charge < -0.3 is 5.11 Å². The van der Waals surface area contributed by atoms with Crippen molar-refractivity contribution in [2.45, 2.75) is 32.3 Å². The summed E-state index contributed by atoms with van der Waals surface area (Å²) in [4.78, 5) is 11.3. The average Bonchev–Trinajstić information content (AvgIpc) is 2.64. The summed E-state index contributed by atoms with van der Waals surface area (Å²) in [6.45, 7) is 1.62. The molecule has 0 aliphatic heterocycles. The minimum Gasteiger partial charge on any atom is -0.393 e. The molecule has 1 aliphatic carbocycles. The molecule has 3 atom stereocenters. The van der Waals surface area contributed by atoms with E-state index in [-0.39, 0.29) is 23.7 Å². The Kier molecular flexibility index (Phi) is 4.00.